The quantitative estimate of drug-likeness (QED) is 0.593. The van der Waals surface area contributed by atoms with E-state index in [1.807, 2.05) is 19.6 Å². The van der Waals surface area contributed by atoms with Gasteiger partial charge in [0.25, 0.3) is 0 Å². The minimum absolute atomic E-state index is 0.411. The average molecular weight is 205 g/mol. The van der Waals surface area contributed by atoms with E-state index in [2.05, 4.69) is 10.5 Å². The summed E-state index contributed by atoms with van der Waals surface area (Å²) in [4.78, 5) is 0. The van der Waals surface area contributed by atoms with Crippen LogP contribution in [0.4, 0.5) is 0 Å². The summed E-state index contributed by atoms with van der Waals surface area (Å²) < 4.78 is 15.5. The Morgan fingerprint density at radius 1 is 1.20 bits per heavy atom. The van der Waals surface area contributed by atoms with Crippen molar-refractivity contribution in [1.29, 1.82) is 0 Å². The minimum Gasteiger partial charge on any atom is -0.417 e. The van der Waals surface area contributed by atoms with Crippen molar-refractivity contribution in [1.82, 2.24) is 0 Å². The van der Waals surface area contributed by atoms with Crippen LogP contribution in [0.3, 0.4) is 0 Å². The van der Waals surface area contributed by atoms with E-state index in [-0.39, 0.29) is 0 Å². The van der Waals surface area contributed by atoms with Crippen molar-refractivity contribution >= 4 is 38.8 Å². The molecular formula is C3H9O3Si4. The summed E-state index contributed by atoms with van der Waals surface area (Å²) in [6, 6.07) is 0. The number of hydrogen-bond donors (Lipinski definition) is 0. The van der Waals surface area contributed by atoms with E-state index in [1.165, 1.54) is 0 Å². The summed E-state index contributed by atoms with van der Waals surface area (Å²) in [6.07, 6.45) is 0. The van der Waals surface area contributed by atoms with Gasteiger partial charge < -0.3 is 12.3 Å². The van der Waals surface area contributed by atoms with Gasteiger partial charge in [-0.3, -0.25) is 0 Å². The highest BCUT2D eigenvalue weighted by Crippen LogP contribution is 2.04. The first kappa shape index (κ1) is 10.7. The molecule has 0 aliphatic rings. The standard InChI is InChI=1S/C3H9O3Si4/c1-8-5-10(3,4-7)6-9-2/h1-3H3. The van der Waals surface area contributed by atoms with Crippen molar-refractivity contribution in [3.63, 3.8) is 0 Å². The lowest BCUT2D eigenvalue weighted by molar-refractivity contribution is 0.298. The van der Waals surface area contributed by atoms with Crippen LogP contribution in [-0.2, 0) is 12.3 Å². The Morgan fingerprint density at radius 3 is 1.80 bits per heavy atom. The molecule has 55 valence electrons. The van der Waals surface area contributed by atoms with Crippen LogP contribution in [0.1, 0.15) is 0 Å². The summed E-state index contributed by atoms with van der Waals surface area (Å²) in [7, 11) is 1.48. The fourth-order valence-corrected chi connectivity index (χ4v) is 5.02. The molecule has 0 atom stereocenters. The third-order valence-electron chi connectivity index (χ3n) is 0.760. The van der Waals surface area contributed by atoms with Crippen molar-refractivity contribution in [2.24, 2.45) is 0 Å². The number of hydrogen-bond acceptors (Lipinski definition) is 3. The van der Waals surface area contributed by atoms with Crippen LogP contribution in [0, 0.1) is 0 Å². The van der Waals surface area contributed by atoms with Gasteiger partial charge in [0.15, 0.2) is 0 Å². The van der Waals surface area contributed by atoms with E-state index in [0.717, 1.165) is 0 Å². The molecule has 7 heteroatoms. The molecule has 0 aromatic carbocycles. The lowest BCUT2D eigenvalue weighted by Gasteiger charge is -2.23. The molecule has 0 amide bonds. The van der Waals surface area contributed by atoms with E-state index in [9.17, 15) is 0 Å². The molecule has 0 rings (SSSR count). The van der Waals surface area contributed by atoms with Crippen LogP contribution in [0.5, 0.6) is 0 Å². The van der Waals surface area contributed by atoms with Gasteiger partial charge >= 0.3 is 8.80 Å². The Hall–Kier alpha value is 0.748. The predicted molar refractivity (Wildman–Crippen MR) is 43.9 cm³/mol. The summed E-state index contributed by atoms with van der Waals surface area (Å²) in [6.45, 7) is 5.74. The third kappa shape index (κ3) is 3.80. The van der Waals surface area contributed by atoms with Crippen molar-refractivity contribution in [3.05, 3.63) is 0 Å². The van der Waals surface area contributed by atoms with Crippen molar-refractivity contribution in [3.8, 4) is 0 Å². The second-order valence-corrected chi connectivity index (χ2v) is 6.57. The summed E-state index contributed by atoms with van der Waals surface area (Å²) in [5, 5.41) is 0. The smallest absolute Gasteiger partial charge is 0.417 e. The Bertz CT molecular complexity index is 83.8. The first-order chi connectivity index (χ1) is 4.68. The number of rotatable bonds is 5. The Morgan fingerprint density at radius 2 is 1.60 bits per heavy atom. The second kappa shape index (κ2) is 5.40. The molecule has 0 spiro atoms. The van der Waals surface area contributed by atoms with Crippen molar-refractivity contribution in [2.45, 2.75) is 19.6 Å². The topological polar surface area (TPSA) is 27.7 Å². The molecule has 0 heterocycles. The lowest BCUT2D eigenvalue weighted by atomic mass is 11.9. The molecule has 0 N–H and O–H groups in total. The van der Waals surface area contributed by atoms with E-state index < -0.39 is 8.80 Å². The highest BCUT2D eigenvalue weighted by Gasteiger charge is 2.30. The lowest BCUT2D eigenvalue weighted by Crippen LogP contribution is -2.43. The van der Waals surface area contributed by atoms with Crippen LogP contribution in [-0.4, -0.2) is 38.8 Å². The van der Waals surface area contributed by atoms with Gasteiger partial charge in [-0.05, 0) is 13.1 Å². The Labute approximate surface area is 71.3 Å². The molecule has 0 fully saturated rings. The first-order valence-electron chi connectivity index (χ1n) is 2.72. The van der Waals surface area contributed by atoms with E-state index >= 15 is 0 Å². The van der Waals surface area contributed by atoms with Crippen LogP contribution in [0.15, 0.2) is 0 Å². The normalized spacial score (nSPS) is 12.0. The Kier molecular flexibility index (Phi) is 5.81. The summed E-state index contributed by atoms with van der Waals surface area (Å²) >= 11 is 0. The monoisotopic (exact) mass is 205 g/mol. The van der Waals surface area contributed by atoms with Gasteiger partial charge in [0.2, 0.25) is 30.0 Å². The van der Waals surface area contributed by atoms with Gasteiger partial charge in [0.05, 0.1) is 0 Å². The molecule has 7 radical (unpaired) electrons. The molecule has 0 aromatic rings. The molecule has 0 aliphatic heterocycles. The predicted octanol–water partition coefficient (Wildman–Crippen LogP) is 0.0230. The molecule has 10 heavy (non-hydrogen) atoms. The fraction of sp³-hybridized carbons (Fsp3) is 1.00. The summed E-state index contributed by atoms with van der Waals surface area (Å²) in [5.74, 6) is 0. The molecule has 0 saturated carbocycles. The largest absolute Gasteiger partial charge is 0.465 e. The second-order valence-electron chi connectivity index (χ2n) is 1.58. The molecule has 0 bridgehead atoms. The van der Waals surface area contributed by atoms with E-state index in [1.54, 1.807) is 0 Å². The van der Waals surface area contributed by atoms with Crippen molar-refractivity contribution < 1.29 is 12.3 Å². The van der Waals surface area contributed by atoms with Crippen LogP contribution in [0.25, 0.3) is 0 Å². The third-order valence-corrected chi connectivity index (χ3v) is 6.84. The van der Waals surface area contributed by atoms with Crippen LogP contribution in [0.2, 0.25) is 19.6 Å². The van der Waals surface area contributed by atoms with Gasteiger partial charge in [-0.25, -0.2) is 0 Å². The van der Waals surface area contributed by atoms with Crippen LogP contribution >= 0.6 is 0 Å². The van der Waals surface area contributed by atoms with E-state index in [4.69, 9.17) is 12.3 Å². The molecular weight excluding hydrogens is 196 g/mol. The molecule has 0 aliphatic carbocycles. The molecule has 0 aromatic heterocycles. The minimum atomic E-state index is -2.29. The summed E-state index contributed by atoms with van der Waals surface area (Å²) in [5.41, 5.74) is 0. The SMILES string of the molecule is C[Si]O[Si](C)(O[Si])O[Si]C. The van der Waals surface area contributed by atoms with Gasteiger partial charge in [-0.2, -0.15) is 0 Å². The zero-order chi connectivity index (χ0) is 8.04. The fourth-order valence-electron chi connectivity index (χ4n) is 0.433. The molecule has 3 nitrogen and oxygen atoms in total. The van der Waals surface area contributed by atoms with E-state index in [0.29, 0.717) is 19.5 Å². The first-order valence-corrected chi connectivity index (χ1v) is 8.17. The van der Waals surface area contributed by atoms with Crippen molar-refractivity contribution in [2.75, 3.05) is 0 Å². The zero-order valence-electron chi connectivity index (χ0n) is 6.22. The van der Waals surface area contributed by atoms with Gasteiger partial charge in [-0.15, -0.1) is 0 Å². The van der Waals surface area contributed by atoms with Gasteiger partial charge in [-0.1, -0.05) is 0 Å². The molecule has 0 saturated heterocycles. The maximum Gasteiger partial charge on any atom is 0.465 e. The average Bonchev–Trinajstić information content (AvgIpc) is 1.89. The zero-order valence-corrected chi connectivity index (χ0v) is 10.2. The maximum absolute atomic E-state index is 5.30. The van der Waals surface area contributed by atoms with Crippen LogP contribution < -0.4 is 0 Å². The maximum atomic E-state index is 5.30. The Balaban J connectivity index is 3.69. The van der Waals surface area contributed by atoms with Gasteiger partial charge in [0, 0.05) is 6.55 Å². The highest BCUT2D eigenvalue weighted by atomic mass is 28.5. The highest BCUT2D eigenvalue weighted by molar-refractivity contribution is 6.70. The molecule has 0 unspecified atom stereocenters. The van der Waals surface area contributed by atoms with Gasteiger partial charge in [0.1, 0.15) is 0 Å².